The van der Waals surface area contributed by atoms with Crippen LogP contribution in [0.15, 0.2) is 24.3 Å². The van der Waals surface area contributed by atoms with Gasteiger partial charge in [0.1, 0.15) is 11.9 Å². The molecule has 0 fully saturated rings. The molecule has 13 heavy (non-hydrogen) atoms. The van der Waals surface area contributed by atoms with Gasteiger partial charge in [0.15, 0.2) is 0 Å². The lowest BCUT2D eigenvalue weighted by Crippen LogP contribution is -2.22. The zero-order valence-corrected chi connectivity index (χ0v) is 8.94. The molecule has 0 aliphatic heterocycles. The number of rotatable bonds is 3. The molecule has 1 rings (SSSR count). The molecule has 1 aromatic rings. The lowest BCUT2D eigenvalue weighted by Gasteiger charge is -2.11. The standard InChI is InChI=1S/C9H12ClNO.ClH/c1-7(6-11)12-9-4-2-8(10)3-5-9;/h2-5,7H,6,11H2,1H3;1H. The highest BCUT2D eigenvalue weighted by Gasteiger charge is 1.99. The summed E-state index contributed by atoms with van der Waals surface area (Å²) in [6.07, 6.45) is 0.0474. The van der Waals surface area contributed by atoms with E-state index in [0.717, 1.165) is 5.75 Å². The molecule has 1 unspecified atom stereocenters. The maximum absolute atomic E-state index is 5.70. The van der Waals surface area contributed by atoms with Gasteiger partial charge < -0.3 is 10.5 Å². The second kappa shape index (κ2) is 6.08. The van der Waals surface area contributed by atoms with Gasteiger partial charge in [-0.3, -0.25) is 0 Å². The van der Waals surface area contributed by atoms with Crippen molar-refractivity contribution < 1.29 is 4.74 Å². The minimum atomic E-state index is 0. The van der Waals surface area contributed by atoms with E-state index in [2.05, 4.69) is 0 Å². The highest BCUT2D eigenvalue weighted by Crippen LogP contribution is 2.16. The molecule has 0 radical (unpaired) electrons. The van der Waals surface area contributed by atoms with E-state index in [9.17, 15) is 0 Å². The van der Waals surface area contributed by atoms with Gasteiger partial charge in [0, 0.05) is 11.6 Å². The molecule has 1 aromatic carbocycles. The molecule has 2 N–H and O–H groups in total. The van der Waals surface area contributed by atoms with Crippen LogP contribution in [0.2, 0.25) is 5.02 Å². The summed E-state index contributed by atoms with van der Waals surface area (Å²) in [6, 6.07) is 7.24. The fourth-order valence-corrected chi connectivity index (χ4v) is 0.920. The molecule has 0 amide bonds. The molecule has 0 saturated carbocycles. The zero-order valence-electron chi connectivity index (χ0n) is 7.37. The van der Waals surface area contributed by atoms with Crippen molar-refractivity contribution in [2.75, 3.05) is 6.54 Å². The fraction of sp³-hybridized carbons (Fsp3) is 0.333. The summed E-state index contributed by atoms with van der Waals surface area (Å²) in [5.74, 6) is 0.803. The minimum Gasteiger partial charge on any atom is -0.489 e. The second-order valence-corrected chi connectivity index (χ2v) is 3.05. The first-order chi connectivity index (χ1) is 5.72. The first-order valence-corrected chi connectivity index (χ1v) is 4.22. The maximum Gasteiger partial charge on any atom is 0.119 e. The van der Waals surface area contributed by atoms with Crippen molar-refractivity contribution in [1.82, 2.24) is 0 Å². The third-order valence-corrected chi connectivity index (χ3v) is 1.73. The molecular formula is C9H13Cl2NO. The third-order valence-electron chi connectivity index (χ3n) is 1.48. The summed E-state index contributed by atoms with van der Waals surface area (Å²) in [6.45, 7) is 2.44. The molecule has 74 valence electrons. The van der Waals surface area contributed by atoms with Crippen molar-refractivity contribution in [3.05, 3.63) is 29.3 Å². The Kier molecular flexibility index (Phi) is 5.88. The van der Waals surface area contributed by atoms with Gasteiger partial charge >= 0.3 is 0 Å². The predicted molar refractivity (Wildman–Crippen MR) is 57.8 cm³/mol. The molecule has 0 aliphatic rings. The number of ether oxygens (including phenoxy) is 1. The average Bonchev–Trinajstić information content (AvgIpc) is 2.09. The first kappa shape index (κ1) is 12.6. The number of hydrogen-bond acceptors (Lipinski definition) is 2. The second-order valence-electron chi connectivity index (χ2n) is 2.62. The Hall–Kier alpha value is -0.440. The van der Waals surface area contributed by atoms with E-state index in [0.29, 0.717) is 11.6 Å². The van der Waals surface area contributed by atoms with Gasteiger partial charge in [-0.15, -0.1) is 12.4 Å². The van der Waals surface area contributed by atoms with Crippen LogP contribution in [0.5, 0.6) is 5.75 Å². The van der Waals surface area contributed by atoms with E-state index in [4.69, 9.17) is 22.1 Å². The van der Waals surface area contributed by atoms with Crippen LogP contribution in [0.1, 0.15) is 6.92 Å². The largest absolute Gasteiger partial charge is 0.489 e. The SMILES string of the molecule is CC(CN)Oc1ccc(Cl)cc1.Cl. The average molecular weight is 222 g/mol. The van der Waals surface area contributed by atoms with Crippen LogP contribution >= 0.6 is 24.0 Å². The Labute approximate surface area is 89.4 Å². The van der Waals surface area contributed by atoms with Crippen molar-refractivity contribution in [2.24, 2.45) is 5.73 Å². The minimum absolute atomic E-state index is 0. The normalized spacial score (nSPS) is 11.6. The quantitative estimate of drug-likeness (QED) is 0.852. The van der Waals surface area contributed by atoms with Gasteiger partial charge in [-0.25, -0.2) is 0 Å². The fourth-order valence-electron chi connectivity index (χ4n) is 0.794. The van der Waals surface area contributed by atoms with Gasteiger partial charge in [0.25, 0.3) is 0 Å². The molecule has 0 aromatic heterocycles. The van der Waals surface area contributed by atoms with Gasteiger partial charge in [0.05, 0.1) is 0 Å². The number of nitrogens with two attached hydrogens (primary N) is 1. The van der Waals surface area contributed by atoms with Crippen LogP contribution in [0.4, 0.5) is 0 Å². The molecule has 0 bridgehead atoms. The monoisotopic (exact) mass is 221 g/mol. The first-order valence-electron chi connectivity index (χ1n) is 3.84. The lowest BCUT2D eigenvalue weighted by molar-refractivity contribution is 0.230. The molecule has 4 heteroatoms. The van der Waals surface area contributed by atoms with Crippen molar-refractivity contribution in [2.45, 2.75) is 13.0 Å². The molecule has 0 aliphatic carbocycles. The van der Waals surface area contributed by atoms with E-state index in [1.54, 1.807) is 12.1 Å². The van der Waals surface area contributed by atoms with Crippen molar-refractivity contribution in [3.8, 4) is 5.75 Å². The highest BCUT2D eigenvalue weighted by atomic mass is 35.5. The van der Waals surface area contributed by atoms with Gasteiger partial charge in [-0.2, -0.15) is 0 Å². The van der Waals surface area contributed by atoms with Crippen LogP contribution in [0.25, 0.3) is 0 Å². The Balaban J connectivity index is 0.00000144. The van der Waals surface area contributed by atoms with Crippen LogP contribution in [0.3, 0.4) is 0 Å². The zero-order chi connectivity index (χ0) is 8.97. The Morgan fingerprint density at radius 3 is 2.38 bits per heavy atom. The summed E-state index contributed by atoms with van der Waals surface area (Å²) in [5, 5.41) is 0.711. The molecule has 0 spiro atoms. The van der Waals surface area contributed by atoms with Crippen molar-refractivity contribution in [3.63, 3.8) is 0 Å². The topological polar surface area (TPSA) is 35.2 Å². The van der Waals surface area contributed by atoms with Crippen molar-refractivity contribution in [1.29, 1.82) is 0 Å². The summed E-state index contributed by atoms with van der Waals surface area (Å²) in [4.78, 5) is 0. The van der Waals surface area contributed by atoms with E-state index in [-0.39, 0.29) is 18.5 Å². The summed E-state index contributed by atoms with van der Waals surface area (Å²) in [7, 11) is 0. The Morgan fingerprint density at radius 1 is 1.38 bits per heavy atom. The predicted octanol–water partition coefficient (Wildman–Crippen LogP) is 2.49. The molecule has 0 saturated heterocycles. The molecule has 2 nitrogen and oxygen atoms in total. The van der Waals surface area contributed by atoms with Gasteiger partial charge in [0.2, 0.25) is 0 Å². The molecule has 0 heterocycles. The van der Waals surface area contributed by atoms with Gasteiger partial charge in [-0.05, 0) is 31.2 Å². The third kappa shape index (κ3) is 4.36. The van der Waals surface area contributed by atoms with Crippen LogP contribution in [-0.2, 0) is 0 Å². The van der Waals surface area contributed by atoms with Crippen LogP contribution < -0.4 is 10.5 Å². The summed E-state index contributed by atoms with van der Waals surface area (Å²) >= 11 is 5.70. The summed E-state index contributed by atoms with van der Waals surface area (Å²) in [5.41, 5.74) is 5.40. The van der Waals surface area contributed by atoms with Gasteiger partial charge in [-0.1, -0.05) is 11.6 Å². The molecular weight excluding hydrogens is 209 g/mol. The lowest BCUT2D eigenvalue weighted by atomic mass is 10.3. The smallest absolute Gasteiger partial charge is 0.119 e. The Morgan fingerprint density at radius 2 is 1.92 bits per heavy atom. The highest BCUT2D eigenvalue weighted by molar-refractivity contribution is 6.30. The van der Waals surface area contributed by atoms with E-state index in [1.165, 1.54) is 0 Å². The van der Waals surface area contributed by atoms with Crippen LogP contribution in [-0.4, -0.2) is 12.6 Å². The maximum atomic E-state index is 5.70. The van der Waals surface area contributed by atoms with E-state index >= 15 is 0 Å². The number of hydrogen-bond donors (Lipinski definition) is 1. The van der Waals surface area contributed by atoms with Crippen LogP contribution in [0, 0.1) is 0 Å². The number of halogens is 2. The molecule has 1 atom stereocenters. The van der Waals surface area contributed by atoms with E-state index < -0.39 is 0 Å². The van der Waals surface area contributed by atoms with E-state index in [1.807, 2.05) is 19.1 Å². The summed E-state index contributed by atoms with van der Waals surface area (Å²) < 4.78 is 5.43. The Bertz CT molecular complexity index is 238. The van der Waals surface area contributed by atoms with Crippen molar-refractivity contribution >= 4 is 24.0 Å². The number of benzene rings is 1.